The molecule has 68 heavy (non-hydrogen) atoms. The molecule has 0 aliphatic heterocycles. The zero-order valence-corrected chi connectivity index (χ0v) is 39.2. The number of hydrogen-bond donors (Lipinski definition) is 14. The van der Waals surface area contributed by atoms with Gasteiger partial charge >= 0.3 is 17.9 Å². The zero-order chi connectivity index (χ0) is 51.5. The minimum atomic E-state index is -1.58. The number of amides is 7. The number of nitrogens with one attached hydrogen (secondary N) is 7. The van der Waals surface area contributed by atoms with Crippen molar-refractivity contribution in [3.63, 3.8) is 0 Å². The van der Waals surface area contributed by atoms with Crippen LogP contribution in [-0.2, 0) is 54.4 Å². The highest BCUT2D eigenvalue weighted by atomic mass is 16.4. The summed E-state index contributed by atoms with van der Waals surface area (Å²) in [5.41, 5.74) is 17.6. The van der Waals surface area contributed by atoms with E-state index in [1.807, 2.05) is 0 Å². The molecule has 24 heteroatoms. The fourth-order valence-corrected chi connectivity index (χ4v) is 6.57. The van der Waals surface area contributed by atoms with Crippen molar-refractivity contribution in [2.24, 2.45) is 23.1 Å². The molecule has 7 amide bonds. The molecule has 0 aromatic heterocycles. The summed E-state index contributed by atoms with van der Waals surface area (Å²) in [7, 11) is 0. The van der Waals surface area contributed by atoms with Crippen molar-refractivity contribution in [1.82, 2.24) is 37.2 Å². The molecule has 0 fully saturated rings. The summed E-state index contributed by atoms with van der Waals surface area (Å²) in [5, 5.41) is 55.6. The van der Waals surface area contributed by atoms with E-state index in [0.29, 0.717) is 31.2 Å². The SMILES string of the molecule is CCC(C)C(NC(=O)C(CCCCN)NC(=O)C(CCC(=O)O)NC(=O)C(N)C(C)O)C(=O)NC(CCC(=O)O)C(=O)NC(C)C(=O)NC(CCCCN)C(=O)NC(Cc1ccccc1)C(=O)O. The molecule has 24 nitrogen and oxygen atoms in total. The fraction of sp³-hybridized carbons (Fsp3) is 0.636. The van der Waals surface area contributed by atoms with Crippen molar-refractivity contribution in [3.8, 4) is 0 Å². The summed E-state index contributed by atoms with van der Waals surface area (Å²) in [6, 6.07) is -2.73. The van der Waals surface area contributed by atoms with Crippen LogP contribution in [0.25, 0.3) is 0 Å². The molecule has 0 bridgehead atoms. The van der Waals surface area contributed by atoms with Crippen LogP contribution in [0.2, 0.25) is 0 Å². The molecule has 1 aromatic carbocycles. The van der Waals surface area contributed by atoms with Crippen molar-refractivity contribution < 1.29 is 68.4 Å². The van der Waals surface area contributed by atoms with E-state index in [9.17, 15) is 68.4 Å². The third-order valence-electron chi connectivity index (χ3n) is 11.0. The lowest BCUT2D eigenvalue weighted by Crippen LogP contribution is -2.61. The Morgan fingerprint density at radius 2 is 0.941 bits per heavy atom. The minimum Gasteiger partial charge on any atom is -0.481 e. The van der Waals surface area contributed by atoms with E-state index >= 15 is 0 Å². The van der Waals surface area contributed by atoms with Crippen molar-refractivity contribution in [2.45, 2.75) is 159 Å². The molecular weight excluding hydrogens is 893 g/mol. The summed E-state index contributed by atoms with van der Waals surface area (Å²) >= 11 is 0. The van der Waals surface area contributed by atoms with Crippen LogP contribution >= 0.6 is 0 Å². The van der Waals surface area contributed by atoms with Gasteiger partial charge in [-0.05, 0) is 89.8 Å². The number of hydrogen-bond acceptors (Lipinski definition) is 14. The van der Waals surface area contributed by atoms with Crippen LogP contribution in [0.3, 0.4) is 0 Å². The Labute approximate surface area is 395 Å². The molecule has 0 radical (unpaired) electrons. The first-order valence-corrected chi connectivity index (χ1v) is 22.7. The van der Waals surface area contributed by atoms with Crippen LogP contribution in [-0.4, -0.2) is 147 Å². The van der Waals surface area contributed by atoms with Crippen LogP contribution in [0, 0.1) is 5.92 Å². The number of carbonyl (C=O) groups is 10. The first kappa shape index (κ1) is 59.8. The highest BCUT2D eigenvalue weighted by molar-refractivity contribution is 5.97. The van der Waals surface area contributed by atoms with Gasteiger partial charge in [-0.15, -0.1) is 0 Å². The van der Waals surface area contributed by atoms with E-state index in [1.165, 1.54) is 13.8 Å². The number of carboxylic acids is 3. The third kappa shape index (κ3) is 22.5. The molecule has 0 aliphatic carbocycles. The highest BCUT2D eigenvalue weighted by Gasteiger charge is 2.35. The van der Waals surface area contributed by atoms with Gasteiger partial charge in [-0.25, -0.2) is 4.79 Å². The quantitative estimate of drug-likeness (QED) is 0.0317. The van der Waals surface area contributed by atoms with Gasteiger partial charge in [0.1, 0.15) is 48.3 Å². The highest BCUT2D eigenvalue weighted by Crippen LogP contribution is 2.13. The molecule has 0 aliphatic rings. The number of aliphatic hydroxyl groups excluding tert-OH is 1. The number of rotatable bonds is 34. The van der Waals surface area contributed by atoms with Gasteiger partial charge in [0.25, 0.3) is 0 Å². The molecule has 0 spiro atoms. The van der Waals surface area contributed by atoms with Crippen molar-refractivity contribution in [3.05, 3.63) is 35.9 Å². The Morgan fingerprint density at radius 3 is 1.38 bits per heavy atom. The summed E-state index contributed by atoms with van der Waals surface area (Å²) in [4.78, 5) is 130. The van der Waals surface area contributed by atoms with Crippen LogP contribution < -0.4 is 54.4 Å². The normalized spacial score (nSPS) is 15.5. The second kappa shape index (κ2) is 31.7. The number of carbonyl (C=O) groups excluding carboxylic acids is 7. The van der Waals surface area contributed by atoms with Gasteiger partial charge in [0, 0.05) is 19.3 Å². The number of aliphatic hydroxyl groups is 1. The van der Waals surface area contributed by atoms with Crippen LogP contribution in [0.5, 0.6) is 0 Å². The lowest BCUT2D eigenvalue weighted by Gasteiger charge is -2.29. The lowest BCUT2D eigenvalue weighted by atomic mass is 9.96. The molecule has 1 aromatic rings. The van der Waals surface area contributed by atoms with Crippen molar-refractivity contribution in [2.75, 3.05) is 13.1 Å². The molecule has 10 unspecified atom stereocenters. The summed E-state index contributed by atoms with van der Waals surface area (Å²) in [6.45, 7) is 6.32. The average Bonchev–Trinajstić information content (AvgIpc) is 3.29. The van der Waals surface area contributed by atoms with Crippen molar-refractivity contribution in [1.29, 1.82) is 0 Å². The number of nitrogens with two attached hydrogens (primary N) is 3. The number of aliphatic carboxylic acids is 3. The van der Waals surface area contributed by atoms with E-state index in [4.69, 9.17) is 17.2 Å². The molecular formula is C44H72N10O14. The topological polar surface area (TPSA) is 414 Å². The monoisotopic (exact) mass is 965 g/mol. The van der Waals surface area contributed by atoms with Gasteiger partial charge in [0.2, 0.25) is 41.4 Å². The first-order chi connectivity index (χ1) is 32.1. The molecule has 0 heterocycles. The fourth-order valence-electron chi connectivity index (χ4n) is 6.57. The van der Waals surface area contributed by atoms with Crippen LogP contribution in [0.4, 0.5) is 0 Å². The van der Waals surface area contributed by atoms with Gasteiger partial charge in [-0.3, -0.25) is 43.2 Å². The second-order valence-corrected chi connectivity index (χ2v) is 16.6. The van der Waals surface area contributed by atoms with Gasteiger partial charge in [-0.2, -0.15) is 0 Å². The molecule has 17 N–H and O–H groups in total. The zero-order valence-electron chi connectivity index (χ0n) is 39.2. The minimum absolute atomic E-state index is 0.0244. The molecule has 10 atom stereocenters. The van der Waals surface area contributed by atoms with Gasteiger partial charge in [0.15, 0.2) is 0 Å². The Hall–Kier alpha value is -6.24. The van der Waals surface area contributed by atoms with Gasteiger partial charge < -0.3 is 74.8 Å². The maximum absolute atomic E-state index is 14.0. The number of carboxylic acid groups (broad SMARTS) is 3. The van der Waals surface area contributed by atoms with E-state index in [-0.39, 0.29) is 38.8 Å². The Morgan fingerprint density at radius 1 is 0.529 bits per heavy atom. The molecule has 382 valence electrons. The average molecular weight is 965 g/mol. The predicted octanol–water partition coefficient (Wildman–Crippen LogP) is -2.53. The largest absolute Gasteiger partial charge is 0.481 e. The Balaban J connectivity index is 3.33. The lowest BCUT2D eigenvalue weighted by molar-refractivity contribution is -0.142. The first-order valence-electron chi connectivity index (χ1n) is 22.7. The smallest absolute Gasteiger partial charge is 0.326 e. The van der Waals surface area contributed by atoms with E-state index in [2.05, 4.69) is 37.2 Å². The molecule has 0 saturated carbocycles. The van der Waals surface area contributed by atoms with Gasteiger partial charge in [-0.1, -0.05) is 50.6 Å². The van der Waals surface area contributed by atoms with Crippen molar-refractivity contribution >= 4 is 59.3 Å². The van der Waals surface area contributed by atoms with E-state index in [1.54, 1.807) is 44.2 Å². The standard InChI is InChI=1S/C44H72N10O14/c1-5-24(2)36(54-41(64)29(16-10-12-22-46)50-40(63)31(18-20-34(58)59)51-42(65)35(47)26(4)55)43(66)52-30(17-19-33(56)57)38(61)48-25(3)37(60)49-28(15-9-11-21-45)39(62)53-32(44(67)68)23-27-13-7-6-8-14-27/h6-8,13-14,24-26,28-32,35-36,55H,5,9-12,15-23,45-47H2,1-4H3,(H,48,61)(H,49,60)(H,50,63)(H,51,65)(H,52,66)(H,53,62)(H,54,64)(H,56,57)(H,58,59)(H,67,68). The Kier molecular flexibility index (Phi) is 27.8. The van der Waals surface area contributed by atoms with Gasteiger partial charge in [0.05, 0.1) is 6.10 Å². The maximum atomic E-state index is 14.0. The number of benzene rings is 1. The van der Waals surface area contributed by atoms with E-state index < -0.39 is 145 Å². The predicted molar refractivity (Wildman–Crippen MR) is 246 cm³/mol. The summed E-state index contributed by atoms with van der Waals surface area (Å²) in [5.74, 6) is -11.0. The third-order valence-corrected chi connectivity index (χ3v) is 11.0. The number of unbranched alkanes of at least 4 members (excludes halogenated alkanes) is 2. The molecule has 0 saturated heterocycles. The summed E-state index contributed by atoms with van der Waals surface area (Å²) < 4.78 is 0. The van der Waals surface area contributed by atoms with Crippen LogP contribution in [0.1, 0.15) is 104 Å². The van der Waals surface area contributed by atoms with E-state index in [0.717, 1.165) is 0 Å². The maximum Gasteiger partial charge on any atom is 0.326 e. The summed E-state index contributed by atoms with van der Waals surface area (Å²) in [6.07, 6.45) is -1.56. The second-order valence-electron chi connectivity index (χ2n) is 16.6. The molecule has 1 rings (SSSR count). The van der Waals surface area contributed by atoms with Crippen LogP contribution in [0.15, 0.2) is 30.3 Å². The Bertz CT molecular complexity index is 1840.